The molecule has 0 unspecified atom stereocenters. The van der Waals surface area contributed by atoms with E-state index in [4.69, 9.17) is 16.3 Å². The van der Waals surface area contributed by atoms with Crippen molar-refractivity contribution in [1.82, 2.24) is 4.37 Å². The van der Waals surface area contributed by atoms with Crippen molar-refractivity contribution in [1.29, 1.82) is 0 Å². The van der Waals surface area contributed by atoms with Gasteiger partial charge in [-0.3, -0.25) is 4.79 Å². The first-order valence-corrected chi connectivity index (χ1v) is 8.45. The number of aromatic nitrogens is 1. The van der Waals surface area contributed by atoms with Crippen LogP contribution < -0.4 is 15.4 Å². The molecule has 0 saturated carbocycles. The van der Waals surface area contributed by atoms with Gasteiger partial charge in [0, 0.05) is 12.7 Å². The monoisotopic (exact) mass is 353 g/mol. The zero-order chi connectivity index (χ0) is 17.0. The van der Waals surface area contributed by atoms with E-state index >= 15 is 0 Å². The Morgan fingerprint density at radius 3 is 2.78 bits per heavy atom. The van der Waals surface area contributed by atoms with Gasteiger partial charge in [0.25, 0.3) is 5.91 Å². The van der Waals surface area contributed by atoms with E-state index in [2.05, 4.69) is 28.9 Å². The molecule has 0 atom stereocenters. The Labute approximate surface area is 145 Å². The first kappa shape index (κ1) is 17.6. The fourth-order valence-electron chi connectivity index (χ4n) is 1.95. The molecule has 2 aromatic rings. The summed E-state index contributed by atoms with van der Waals surface area (Å²) in [5, 5.41) is 7.03. The third kappa shape index (κ3) is 4.36. The summed E-state index contributed by atoms with van der Waals surface area (Å²) in [5.41, 5.74) is 1.86. The van der Waals surface area contributed by atoms with Crippen LogP contribution >= 0.6 is 23.1 Å². The van der Waals surface area contributed by atoms with Crippen molar-refractivity contribution in [3.05, 3.63) is 34.5 Å². The van der Waals surface area contributed by atoms with Gasteiger partial charge in [0.05, 0.1) is 22.9 Å². The van der Waals surface area contributed by atoms with Gasteiger partial charge in [-0.1, -0.05) is 25.4 Å². The highest BCUT2D eigenvalue weighted by molar-refractivity contribution is 7.10. The summed E-state index contributed by atoms with van der Waals surface area (Å²) < 4.78 is 9.82. The van der Waals surface area contributed by atoms with E-state index in [0.29, 0.717) is 40.2 Å². The van der Waals surface area contributed by atoms with Gasteiger partial charge >= 0.3 is 0 Å². The van der Waals surface area contributed by atoms with Crippen LogP contribution in [0.3, 0.4) is 0 Å². The summed E-state index contributed by atoms with van der Waals surface area (Å²) in [6.45, 7) is 6.54. The van der Waals surface area contributed by atoms with Crippen molar-refractivity contribution in [2.45, 2.75) is 20.8 Å². The molecular formula is C16H20ClN3O2S. The molecule has 1 heterocycles. The Kier molecular flexibility index (Phi) is 5.85. The standard InChI is InChI=1S/C16H20ClN3O2S/c1-9(2)8-22-13-6-5-11(7-12(13)17)19-15(21)14-10(3)20-23-16(14)18-4/h5-7,9,18H,8H2,1-4H3,(H,19,21). The number of benzene rings is 1. The fourth-order valence-corrected chi connectivity index (χ4v) is 2.93. The SMILES string of the molecule is CNc1snc(C)c1C(=O)Nc1ccc(OCC(C)C)c(Cl)c1. The number of hydrogen-bond donors (Lipinski definition) is 2. The van der Waals surface area contributed by atoms with Crippen LogP contribution in [0.15, 0.2) is 18.2 Å². The van der Waals surface area contributed by atoms with Crippen LogP contribution in [0.5, 0.6) is 5.75 Å². The van der Waals surface area contributed by atoms with Crippen LogP contribution in [0.2, 0.25) is 5.02 Å². The third-order valence-corrected chi connectivity index (χ3v) is 4.33. The summed E-state index contributed by atoms with van der Waals surface area (Å²) in [7, 11) is 1.77. The predicted octanol–water partition coefficient (Wildman–Crippen LogP) is 4.43. The number of anilines is 2. The number of halogens is 1. The van der Waals surface area contributed by atoms with Gasteiger partial charge in [0.1, 0.15) is 10.8 Å². The van der Waals surface area contributed by atoms with E-state index < -0.39 is 0 Å². The molecule has 0 aliphatic carbocycles. The van der Waals surface area contributed by atoms with Crippen LogP contribution in [0, 0.1) is 12.8 Å². The lowest BCUT2D eigenvalue weighted by Crippen LogP contribution is -2.14. The number of nitrogens with one attached hydrogen (secondary N) is 2. The van der Waals surface area contributed by atoms with Gasteiger partial charge in [0.15, 0.2) is 0 Å². The molecule has 7 heteroatoms. The molecule has 1 aromatic heterocycles. The number of carbonyl (C=O) groups excluding carboxylic acids is 1. The van der Waals surface area contributed by atoms with Gasteiger partial charge in [0.2, 0.25) is 0 Å². The van der Waals surface area contributed by atoms with E-state index in [1.165, 1.54) is 11.5 Å². The second-order valence-corrected chi connectivity index (χ2v) is 6.71. The molecule has 2 rings (SSSR count). The number of ether oxygens (including phenoxy) is 1. The van der Waals surface area contributed by atoms with Gasteiger partial charge in [-0.15, -0.1) is 0 Å². The number of carbonyl (C=O) groups is 1. The van der Waals surface area contributed by atoms with E-state index in [1.54, 1.807) is 25.2 Å². The summed E-state index contributed by atoms with van der Waals surface area (Å²) in [4.78, 5) is 12.4. The normalized spacial score (nSPS) is 10.7. The largest absolute Gasteiger partial charge is 0.492 e. The lowest BCUT2D eigenvalue weighted by atomic mass is 10.2. The number of amides is 1. The molecule has 0 fully saturated rings. The topological polar surface area (TPSA) is 63.2 Å². The van der Waals surface area contributed by atoms with Crippen LogP contribution in [0.4, 0.5) is 10.7 Å². The summed E-state index contributed by atoms with van der Waals surface area (Å²) in [6, 6.07) is 5.22. The minimum atomic E-state index is -0.215. The molecule has 0 aliphatic rings. The number of aryl methyl sites for hydroxylation is 1. The highest BCUT2D eigenvalue weighted by Crippen LogP contribution is 2.29. The van der Waals surface area contributed by atoms with E-state index in [1.807, 2.05) is 6.92 Å². The van der Waals surface area contributed by atoms with Gasteiger partial charge in [-0.05, 0) is 42.6 Å². The summed E-state index contributed by atoms with van der Waals surface area (Å²) >= 11 is 7.47. The highest BCUT2D eigenvalue weighted by Gasteiger charge is 2.18. The molecule has 124 valence electrons. The smallest absolute Gasteiger partial charge is 0.260 e. The second kappa shape index (κ2) is 7.66. The van der Waals surface area contributed by atoms with E-state index in [9.17, 15) is 4.79 Å². The molecule has 1 amide bonds. The van der Waals surface area contributed by atoms with Crippen molar-refractivity contribution in [3.63, 3.8) is 0 Å². The zero-order valence-electron chi connectivity index (χ0n) is 13.6. The van der Waals surface area contributed by atoms with Crippen LogP contribution in [-0.4, -0.2) is 23.9 Å². The lowest BCUT2D eigenvalue weighted by Gasteiger charge is -2.12. The van der Waals surface area contributed by atoms with Crippen LogP contribution in [-0.2, 0) is 0 Å². The van der Waals surface area contributed by atoms with Crippen molar-refractivity contribution in [2.75, 3.05) is 24.3 Å². The Balaban J connectivity index is 2.12. The molecule has 23 heavy (non-hydrogen) atoms. The molecular weight excluding hydrogens is 334 g/mol. The van der Waals surface area contributed by atoms with E-state index in [-0.39, 0.29) is 5.91 Å². The summed E-state index contributed by atoms with van der Waals surface area (Å²) in [5.74, 6) is 0.814. The quantitative estimate of drug-likeness (QED) is 0.806. The van der Waals surface area contributed by atoms with Crippen molar-refractivity contribution < 1.29 is 9.53 Å². The van der Waals surface area contributed by atoms with Crippen LogP contribution in [0.1, 0.15) is 29.9 Å². The van der Waals surface area contributed by atoms with Crippen molar-refractivity contribution >= 4 is 39.7 Å². The Morgan fingerprint density at radius 2 is 2.17 bits per heavy atom. The predicted molar refractivity (Wildman–Crippen MR) is 96.1 cm³/mol. The molecule has 0 bridgehead atoms. The maximum atomic E-state index is 12.4. The molecule has 2 N–H and O–H groups in total. The fraction of sp³-hybridized carbons (Fsp3) is 0.375. The second-order valence-electron chi connectivity index (χ2n) is 5.53. The minimum Gasteiger partial charge on any atom is -0.492 e. The first-order valence-electron chi connectivity index (χ1n) is 7.30. The van der Waals surface area contributed by atoms with E-state index in [0.717, 1.165) is 5.00 Å². The number of nitrogens with zero attached hydrogens (tertiary/aromatic N) is 1. The number of hydrogen-bond acceptors (Lipinski definition) is 5. The van der Waals surface area contributed by atoms with Gasteiger partial charge in [-0.25, -0.2) is 0 Å². The lowest BCUT2D eigenvalue weighted by molar-refractivity contribution is 0.102. The molecule has 0 radical (unpaired) electrons. The Morgan fingerprint density at radius 1 is 1.43 bits per heavy atom. The molecule has 5 nitrogen and oxygen atoms in total. The zero-order valence-corrected chi connectivity index (χ0v) is 15.1. The Hall–Kier alpha value is -1.79. The van der Waals surface area contributed by atoms with Crippen LogP contribution in [0.25, 0.3) is 0 Å². The van der Waals surface area contributed by atoms with Gasteiger partial charge in [-0.2, -0.15) is 4.37 Å². The maximum absolute atomic E-state index is 12.4. The first-order chi connectivity index (χ1) is 10.9. The molecule has 0 spiro atoms. The van der Waals surface area contributed by atoms with Gasteiger partial charge < -0.3 is 15.4 Å². The average Bonchev–Trinajstić information content (AvgIpc) is 2.87. The number of rotatable bonds is 6. The highest BCUT2D eigenvalue weighted by atomic mass is 35.5. The third-order valence-electron chi connectivity index (χ3n) is 3.08. The average molecular weight is 354 g/mol. The molecule has 1 aromatic carbocycles. The maximum Gasteiger partial charge on any atom is 0.260 e. The molecule has 0 aliphatic heterocycles. The summed E-state index contributed by atoms with van der Waals surface area (Å²) in [6.07, 6.45) is 0. The Bertz CT molecular complexity index is 701. The molecule has 0 saturated heterocycles. The van der Waals surface area contributed by atoms with Crippen molar-refractivity contribution in [2.24, 2.45) is 5.92 Å². The van der Waals surface area contributed by atoms with Crippen molar-refractivity contribution in [3.8, 4) is 5.75 Å². The minimum absolute atomic E-state index is 0.215.